The van der Waals surface area contributed by atoms with Gasteiger partial charge in [-0.05, 0) is 60.3 Å². The first kappa shape index (κ1) is 14.6. The van der Waals surface area contributed by atoms with Gasteiger partial charge in [-0.1, -0.05) is 22.6 Å². The van der Waals surface area contributed by atoms with E-state index in [-0.39, 0.29) is 0 Å². The zero-order valence-electron chi connectivity index (χ0n) is 11.4. The number of anilines is 1. The predicted octanol–water partition coefficient (Wildman–Crippen LogP) is 4.43. The average Bonchev–Trinajstić information content (AvgIpc) is 2.88. The highest BCUT2D eigenvalue weighted by molar-refractivity contribution is 14.1. The van der Waals surface area contributed by atoms with E-state index in [4.69, 9.17) is 0 Å². The van der Waals surface area contributed by atoms with Crippen molar-refractivity contribution in [3.05, 3.63) is 27.7 Å². The Hall–Kier alpha value is -0.300. The van der Waals surface area contributed by atoms with Gasteiger partial charge in [0, 0.05) is 26.4 Å². The molecule has 3 unspecified atom stereocenters. The van der Waals surface area contributed by atoms with Crippen LogP contribution in [0, 0.1) is 0 Å². The number of rotatable bonds is 2. The van der Waals surface area contributed by atoms with E-state index in [1.54, 1.807) is 6.07 Å². The Morgan fingerprint density at radius 2 is 2.15 bits per heavy atom. The first-order valence-electron chi connectivity index (χ1n) is 6.91. The maximum atomic E-state index is 11.3. The molecule has 1 aromatic rings. The molecule has 5 heteroatoms. The van der Waals surface area contributed by atoms with Crippen LogP contribution in [0.15, 0.2) is 16.6 Å². The second-order valence-corrected chi connectivity index (χ2v) is 8.35. The lowest BCUT2D eigenvalue weighted by Crippen LogP contribution is -2.41. The maximum absolute atomic E-state index is 11.3. The van der Waals surface area contributed by atoms with E-state index in [0.717, 1.165) is 10.9 Å². The first-order valence-corrected chi connectivity index (χ1v) is 8.94. The van der Waals surface area contributed by atoms with E-state index in [1.807, 2.05) is 6.07 Å². The number of halogens is 2. The lowest BCUT2D eigenvalue weighted by molar-refractivity contribution is 0.0696. The monoisotopic (exact) mass is 449 g/mol. The molecule has 1 saturated carbocycles. The summed E-state index contributed by atoms with van der Waals surface area (Å²) in [4.78, 5) is 13.8. The van der Waals surface area contributed by atoms with Gasteiger partial charge in [-0.2, -0.15) is 0 Å². The average molecular weight is 450 g/mol. The van der Waals surface area contributed by atoms with E-state index in [1.165, 1.54) is 17.7 Å². The van der Waals surface area contributed by atoms with Crippen LogP contribution in [-0.2, 0) is 0 Å². The molecule has 1 aliphatic heterocycles. The van der Waals surface area contributed by atoms with E-state index in [2.05, 4.69) is 57.3 Å². The zero-order chi connectivity index (χ0) is 14.6. The van der Waals surface area contributed by atoms with Gasteiger partial charge in [-0.3, -0.25) is 0 Å². The van der Waals surface area contributed by atoms with Crippen LogP contribution in [0.1, 0.15) is 48.5 Å². The summed E-state index contributed by atoms with van der Waals surface area (Å²) in [5.74, 6) is -0.373. The van der Waals surface area contributed by atoms with Gasteiger partial charge < -0.3 is 10.0 Å². The van der Waals surface area contributed by atoms with E-state index in [0.29, 0.717) is 27.5 Å². The lowest BCUT2D eigenvalue weighted by Gasteiger charge is -2.33. The summed E-state index contributed by atoms with van der Waals surface area (Å²) in [7, 11) is 0. The highest BCUT2D eigenvalue weighted by Crippen LogP contribution is 2.54. The number of fused-ring (bicyclic) bond motifs is 3. The fraction of sp³-hybridized carbons (Fsp3) is 0.533. The number of alkyl halides is 1. The summed E-state index contributed by atoms with van der Waals surface area (Å²) in [5.41, 5.74) is 2.81. The summed E-state index contributed by atoms with van der Waals surface area (Å²) in [6.07, 6.45) is 2.37. The van der Waals surface area contributed by atoms with Gasteiger partial charge in [0.05, 0.1) is 11.3 Å². The molecule has 20 heavy (non-hydrogen) atoms. The molecule has 0 amide bonds. The first-order chi connectivity index (χ1) is 9.41. The molecule has 0 aromatic heterocycles. The summed E-state index contributed by atoms with van der Waals surface area (Å²) in [5, 5.41) is 9.27. The van der Waals surface area contributed by atoms with Gasteiger partial charge in [-0.25, -0.2) is 4.79 Å². The minimum Gasteiger partial charge on any atom is -0.478 e. The SMILES string of the molecule is CC(C)N1c2c(Br)cc(C(=O)O)cc2C2CCC(I)C21. The Bertz CT molecular complexity index is 575. The number of aromatic carboxylic acids is 1. The van der Waals surface area contributed by atoms with E-state index < -0.39 is 5.97 Å². The van der Waals surface area contributed by atoms with Gasteiger partial charge >= 0.3 is 5.97 Å². The fourth-order valence-corrected chi connectivity index (χ4v) is 5.58. The van der Waals surface area contributed by atoms with Crippen molar-refractivity contribution < 1.29 is 9.90 Å². The molecule has 1 heterocycles. The molecule has 1 aliphatic carbocycles. The van der Waals surface area contributed by atoms with Crippen LogP contribution in [0.25, 0.3) is 0 Å². The quantitative estimate of drug-likeness (QED) is 0.536. The van der Waals surface area contributed by atoms with Crippen molar-refractivity contribution >= 4 is 50.2 Å². The summed E-state index contributed by atoms with van der Waals surface area (Å²) >= 11 is 6.15. The molecule has 0 radical (unpaired) electrons. The van der Waals surface area contributed by atoms with E-state index in [9.17, 15) is 9.90 Å². The molecule has 3 nitrogen and oxygen atoms in total. The van der Waals surface area contributed by atoms with Gasteiger partial charge in [0.2, 0.25) is 0 Å². The normalized spacial score (nSPS) is 27.9. The van der Waals surface area contributed by atoms with E-state index >= 15 is 0 Å². The fourth-order valence-electron chi connectivity index (χ4n) is 3.69. The van der Waals surface area contributed by atoms with Crippen LogP contribution < -0.4 is 4.90 Å². The molecular weight excluding hydrogens is 433 g/mol. The number of carboxylic acids is 1. The van der Waals surface area contributed by atoms with Crippen LogP contribution in [0.2, 0.25) is 0 Å². The topological polar surface area (TPSA) is 40.5 Å². The number of hydrogen-bond donors (Lipinski definition) is 1. The largest absolute Gasteiger partial charge is 0.478 e. The standard InChI is InChI=1S/C15H17BrINO2/c1-7(2)18-13-10(9-3-4-12(17)14(9)18)5-8(15(19)20)6-11(13)16/h5-7,9,12,14H,3-4H2,1-2H3,(H,19,20). The number of benzene rings is 1. The van der Waals surface area contributed by atoms with Crippen molar-refractivity contribution in [3.63, 3.8) is 0 Å². The Kier molecular flexibility index (Phi) is 3.77. The molecule has 0 bridgehead atoms. The van der Waals surface area contributed by atoms with Gasteiger partial charge in [0.25, 0.3) is 0 Å². The van der Waals surface area contributed by atoms with Crippen molar-refractivity contribution in [1.29, 1.82) is 0 Å². The van der Waals surface area contributed by atoms with Crippen LogP contribution in [-0.4, -0.2) is 27.1 Å². The molecule has 1 fully saturated rings. The number of hydrogen-bond acceptors (Lipinski definition) is 2. The van der Waals surface area contributed by atoms with Crippen LogP contribution in [0.5, 0.6) is 0 Å². The number of nitrogens with zero attached hydrogens (tertiary/aromatic N) is 1. The number of carboxylic acid groups (broad SMARTS) is 1. The van der Waals surface area contributed by atoms with Crippen LogP contribution >= 0.6 is 38.5 Å². The molecule has 2 aliphatic rings. The molecule has 1 N–H and O–H groups in total. The molecule has 0 spiro atoms. The Balaban J connectivity index is 2.18. The Morgan fingerprint density at radius 3 is 2.75 bits per heavy atom. The van der Waals surface area contributed by atoms with Crippen molar-refractivity contribution in [2.75, 3.05) is 4.90 Å². The minimum atomic E-state index is -0.850. The van der Waals surface area contributed by atoms with Gasteiger partial charge in [-0.15, -0.1) is 0 Å². The molecular formula is C15H17BrINO2. The summed E-state index contributed by atoms with van der Waals surface area (Å²) in [6, 6.07) is 4.55. The number of carbonyl (C=O) groups is 1. The summed E-state index contributed by atoms with van der Waals surface area (Å²) < 4.78 is 1.55. The molecule has 1 aromatic carbocycles. The molecule has 0 saturated heterocycles. The second kappa shape index (κ2) is 5.16. The maximum Gasteiger partial charge on any atom is 0.335 e. The third-order valence-corrected chi connectivity index (χ3v) is 6.38. The Morgan fingerprint density at radius 1 is 1.45 bits per heavy atom. The van der Waals surface area contributed by atoms with Gasteiger partial charge in [0.15, 0.2) is 0 Å². The van der Waals surface area contributed by atoms with Crippen LogP contribution in [0.4, 0.5) is 5.69 Å². The Labute approximate surface area is 141 Å². The second-order valence-electron chi connectivity index (χ2n) is 5.89. The molecule has 108 valence electrons. The van der Waals surface area contributed by atoms with Crippen LogP contribution in [0.3, 0.4) is 0 Å². The summed E-state index contributed by atoms with van der Waals surface area (Å²) in [6.45, 7) is 4.43. The zero-order valence-corrected chi connectivity index (χ0v) is 15.2. The highest BCUT2D eigenvalue weighted by atomic mass is 127. The van der Waals surface area contributed by atoms with Crippen molar-refractivity contribution in [2.45, 2.75) is 48.6 Å². The van der Waals surface area contributed by atoms with Crippen molar-refractivity contribution in [2.24, 2.45) is 0 Å². The predicted molar refractivity (Wildman–Crippen MR) is 92.3 cm³/mol. The molecule has 3 rings (SSSR count). The molecule has 3 atom stereocenters. The minimum absolute atomic E-state index is 0.386. The third-order valence-electron chi connectivity index (χ3n) is 4.41. The smallest absolute Gasteiger partial charge is 0.335 e. The highest BCUT2D eigenvalue weighted by Gasteiger charge is 2.47. The third kappa shape index (κ3) is 2.08. The van der Waals surface area contributed by atoms with Gasteiger partial charge in [0.1, 0.15) is 0 Å². The van der Waals surface area contributed by atoms with Crippen molar-refractivity contribution in [1.82, 2.24) is 0 Å². The van der Waals surface area contributed by atoms with Crippen molar-refractivity contribution in [3.8, 4) is 0 Å². The lowest BCUT2D eigenvalue weighted by atomic mass is 9.96.